The Labute approximate surface area is 130 Å². The number of rotatable bonds is 3. The summed E-state index contributed by atoms with van der Waals surface area (Å²) < 4.78 is 14.6. The molecule has 5 heteroatoms. The summed E-state index contributed by atoms with van der Waals surface area (Å²) in [7, 11) is 0. The quantitative estimate of drug-likeness (QED) is 0.814. The fourth-order valence-corrected chi connectivity index (χ4v) is 2.41. The molecule has 0 fully saturated rings. The Bertz CT molecular complexity index is 682. The molecule has 1 N–H and O–H groups in total. The number of nitrogens with one attached hydrogen (secondary N) is 1. The van der Waals surface area contributed by atoms with Gasteiger partial charge in [0.1, 0.15) is 11.9 Å². The largest absolute Gasteiger partial charge is 0.378 e. The molecule has 0 amide bonds. The minimum atomic E-state index is -0.275. The van der Waals surface area contributed by atoms with Crippen LogP contribution in [0.25, 0.3) is 0 Å². The number of anilines is 1. The average Bonchev–Trinajstić information content (AvgIpc) is 2.43. The molecule has 0 saturated carbocycles. The molecule has 20 heavy (non-hydrogen) atoms. The van der Waals surface area contributed by atoms with E-state index in [4.69, 9.17) is 16.9 Å². The predicted octanol–water partition coefficient (Wildman–Crippen LogP) is 5.29. The van der Waals surface area contributed by atoms with Crippen LogP contribution in [0.15, 0.2) is 40.9 Å². The van der Waals surface area contributed by atoms with Crippen molar-refractivity contribution in [2.24, 2.45) is 0 Å². The van der Waals surface area contributed by atoms with Crippen LogP contribution < -0.4 is 5.32 Å². The third kappa shape index (κ3) is 3.30. The fourth-order valence-electron chi connectivity index (χ4n) is 1.87. The summed E-state index contributed by atoms with van der Waals surface area (Å²) in [4.78, 5) is 0. The van der Waals surface area contributed by atoms with Gasteiger partial charge in [-0.05, 0) is 43.3 Å². The Balaban J connectivity index is 2.26. The van der Waals surface area contributed by atoms with Gasteiger partial charge in [0.25, 0.3) is 0 Å². The monoisotopic (exact) mass is 352 g/mol. The predicted molar refractivity (Wildman–Crippen MR) is 82.3 cm³/mol. The topological polar surface area (TPSA) is 35.8 Å². The van der Waals surface area contributed by atoms with Crippen molar-refractivity contribution in [1.29, 1.82) is 5.26 Å². The minimum Gasteiger partial charge on any atom is -0.378 e. The lowest BCUT2D eigenvalue weighted by Crippen LogP contribution is -2.08. The second kappa shape index (κ2) is 6.25. The summed E-state index contributed by atoms with van der Waals surface area (Å²) >= 11 is 9.21. The number of hydrogen-bond acceptors (Lipinski definition) is 2. The molecular formula is C15H11BrClFN2. The SMILES string of the molecule is CC(Nc1ccc(Cl)c(C#N)c1)c1cc(Br)ccc1F. The van der Waals surface area contributed by atoms with E-state index in [0.29, 0.717) is 16.1 Å². The highest BCUT2D eigenvalue weighted by Crippen LogP contribution is 2.26. The van der Waals surface area contributed by atoms with Gasteiger partial charge >= 0.3 is 0 Å². The molecule has 0 aliphatic heterocycles. The number of nitrogens with zero attached hydrogens (tertiary/aromatic N) is 1. The van der Waals surface area contributed by atoms with Crippen LogP contribution in [-0.2, 0) is 0 Å². The molecule has 0 aromatic heterocycles. The van der Waals surface area contributed by atoms with Crippen molar-refractivity contribution >= 4 is 33.2 Å². The van der Waals surface area contributed by atoms with Crippen LogP contribution >= 0.6 is 27.5 Å². The van der Waals surface area contributed by atoms with Gasteiger partial charge in [0.05, 0.1) is 16.6 Å². The van der Waals surface area contributed by atoms with E-state index in [-0.39, 0.29) is 11.9 Å². The molecule has 0 saturated heterocycles. The Morgan fingerprint density at radius 2 is 2.05 bits per heavy atom. The zero-order valence-electron chi connectivity index (χ0n) is 10.6. The van der Waals surface area contributed by atoms with Crippen LogP contribution in [-0.4, -0.2) is 0 Å². The highest BCUT2D eigenvalue weighted by atomic mass is 79.9. The van der Waals surface area contributed by atoms with Gasteiger partial charge < -0.3 is 5.32 Å². The summed E-state index contributed by atoms with van der Waals surface area (Å²) in [5, 5.41) is 12.5. The third-order valence-electron chi connectivity index (χ3n) is 2.89. The lowest BCUT2D eigenvalue weighted by molar-refractivity contribution is 0.600. The molecule has 0 aliphatic rings. The maximum atomic E-state index is 13.8. The number of hydrogen-bond donors (Lipinski definition) is 1. The molecule has 1 atom stereocenters. The van der Waals surface area contributed by atoms with Crippen LogP contribution in [0.3, 0.4) is 0 Å². The number of benzene rings is 2. The highest BCUT2D eigenvalue weighted by Gasteiger charge is 2.12. The molecular weight excluding hydrogens is 343 g/mol. The molecule has 2 nitrogen and oxygen atoms in total. The Morgan fingerprint density at radius 1 is 1.30 bits per heavy atom. The molecule has 0 aliphatic carbocycles. The zero-order valence-corrected chi connectivity index (χ0v) is 13.0. The lowest BCUT2D eigenvalue weighted by atomic mass is 10.1. The zero-order chi connectivity index (χ0) is 14.7. The van der Waals surface area contributed by atoms with Crippen molar-refractivity contribution in [3.05, 3.63) is 62.8 Å². The van der Waals surface area contributed by atoms with Gasteiger partial charge in [-0.3, -0.25) is 0 Å². The number of halogens is 3. The maximum Gasteiger partial charge on any atom is 0.128 e. The molecule has 1 unspecified atom stereocenters. The van der Waals surface area contributed by atoms with Gasteiger partial charge in [0, 0.05) is 15.7 Å². The van der Waals surface area contributed by atoms with E-state index >= 15 is 0 Å². The molecule has 2 aromatic rings. The van der Waals surface area contributed by atoms with E-state index in [2.05, 4.69) is 21.2 Å². The van der Waals surface area contributed by atoms with Gasteiger partial charge in [-0.2, -0.15) is 5.26 Å². The smallest absolute Gasteiger partial charge is 0.128 e. The first-order valence-corrected chi connectivity index (χ1v) is 7.09. The van der Waals surface area contributed by atoms with E-state index in [1.54, 1.807) is 30.3 Å². The first-order chi connectivity index (χ1) is 9.51. The fraction of sp³-hybridized carbons (Fsp3) is 0.133. The highest BCUT2D eigenvalue weighted by molar-refractivity contribution is 9.10. The van der Waals surface area contributed by atoms with E-state index in [1.807, 2.05) is 13.0 Å². The van der Waals surface area contributed by atoms with E-state index in [0.717, 1.165) is 10.2 Å². The van der Waals surface area contributed by atoms with Gasteiger partial charge in [0.15, 0.2) is 0 Å². The van der Waals surface area contributed by atoms with Crippen LogP contribution in [0.1, 0.15) is 24.1 Å². The second-order valence-corrected chi connectivity index (χ2v) is 5.66. The Morgan fingerprint density at radius 3 is 2.75 bits per heavy atom. The van der Waals surface area contributed by atoms with Crippen molar-refractivity contribution in [3.8, 4) is 6.07 Å². The normalized spacial score (nSPS) is 11.8. The van der Waals surface area contributed by atoms with Crippen molar-refractivity contribution in [3.63, 3.8) is 0 Å². The molecule has 0 heterocycles. The molecule has 0 radical (unpaired) electrons. The summed E-state index contributed by atoms with van der Waals surface area (Å²) in [6.45, 7) is 1.85. The Hall–Kier alpha value is -1.57. The first-order valence-electron chi connectivity index (χ1n) is 5.92. The van der Waals surface area contributed by atoms with Crippen molar-refractivity contribution in [2.75, 3.05) is 5.32 Å². The molecule has 2 rings (SSSR count). The maximum absolute atomic E-state index is 13.8. The molecule has 2 aromatic carbocycles. The van der Waals surface area contributed by atoms with Crippen molar-refractivity contribution in [1.82, 2.24) is 0 Å². The molecule has 0 bridgehead atoms. The van der Waals surface area contributed by atoms with E-state index in [9.17, 15) is 4.39 Å². The first kappa shape index (κ1) is 14.8. The average molecular weight is 354 g/mol. The van der Waals surface area contributed by atoms with Gasteiger partial charge in [0.2, 0.25) is 0 Å². The van der Waals surface area contributed by atoms with Gasteiger partial charge in [-0.25, -0.2) is 4.39 Å². The van der Waals surface area contributed by atoms with E-state index < -0.39 is 0 Å². The summed E-state index contributed by atoms with van der Waals surface area (Å²) in [5.74, 6) is -0.275. The summed E-state index contributed by atoms with van der Waals surface area (Å²) in [6, 6.07) is 11.6. The van der Waals surface area contributed by atoms with Crippen LogP contribution in [0.4, 0.5) is 10.1 Å². The van der Waals surface area contributed by atoms with Crippen LogP contribution in [0.5, 0.6) is 0 Å². The number of nitriles is 1. The molecule has 0 spiro atoms. The third-order valence-corrected chi connectivity index (χ3v) is 3.72. The second-order valence-electron chi connectivity index (χ2n) is 4.34. The van der Waals surface area contributed by atoms with E-state index in [1.165, 1.54) is 6.07 Å². The Kier molecular flexibility index (Phi) is 4.64. The van der Waals surface area contributed by atoms with Crippen LogP contribution in [0.2, 0.25) is 5.02 Å². The van der Waals surface area contributed by atoms with Crippen molar-refractivity contribution < 1.29 is 4.39 Å². The lowest BCUT2D eigenvalue weighted by Gasteiger charge is -2.17. The van der Waals surface area contributed by atoms with Crippen LogP contribution in [0, 0.1) is 17.1 Å². The minimum absolute atomic E-state index is 0.236. The van der Waals surface area contributed by atoms with Crippen molar-refractivity contribution in [2.45, 2.75) is 13.0 Å². The standard InChI is InChI=1S/C15H11BrClFN2/c1-9(13-7-11(16)2-5-15(13)18)20-12-3-4-14(17)10(6-12)8-19/h2-7,9,20H,1H3. The van der Waals surface area contributed by atoms with Gasteiger partial charge in [-0.15, -0.1) is 0 Å². The molecule has 102 valence electrons. The summed E-state index contributed by atoms with van der Waals surface area (Å²) in [5.41, 5.74) is 1.66. The summed E-state index contributed by atoms with van der Waals surface area (Å²) in [6.07, 6.45) is 0. The van der Waals surface area contributed by atoms with Gasteiger partial charge in [-0.1, -0.05) is 27.5 Å².